The van der Waals surface area contributed by atoms with Crippen molar-refractivity contribution in [2.45, 2.75) is 31.7 Å². The number of anilines is 1. The summed E-state index contributed by atoms with van der Waals surface area (Å²) < 4.78 is 81.7. The molecular formula is C22H21F4N7O2S. The van der Waals surface area contributed by atoms with E-state index in [9.17, 15) is 31.2 Å². The maximum absolute atomic E-state index is 14.7. The molecule has 1 saturated heterocycles. The Labute approximate surface area is 204 Å². The van der Waals surface area contributed by atoms with Gasteiger partial charge < -0.3 is 9.88 Å². The molecule has 1 aliphatic rings. The Hall–Kier alpha value is -3.57. The topological polar surface area (TPSA) is 117 Å². The van der Waals surface area contributed by atoms with Gasteiger partial charge in [-0.1, -0.05) is 6.07 Å². The van der Waals surface area contributed by atoms with Crippen molar-refractivity contribution in [1.82, 2.24) is 23.8 Å². The zero-order valence-electron chi connectivity index (χ0n) is 19.2. The monoisotopic (exact) mass is 523 g/mol. The summed E-state index contributed by atoms with van der Waals surface area (Å²) in [6, 6.07) is 6.14. The lowest BCUT2D eigenvalue weighted by molar-refractivity contribution is -0.137. The van der Waals surface area contributed by atoms with Gasteiger partial charge in [-0.3, -0.25) is 0 Å². The summed E-state index contributed by atoms with van der Waals surface area (Å²) in [6.07, 6.45) is -2.06. The van der Waals surface area contributed by atoms with E-state index in [0.29, 0.717) is 23.0 Å². The minimum atomic E-state index is -4.78. The molecule has 0 bridgehead atoms. The molecule has 1 N–H and O–H groups in total. The Morgan fingerprint density at radius 3 is 2.64 bits per heavy atom. The number of alkyl halides is 4. The molecule has 3 heterocycles. The molecule has 2 aromatic heterocycles. The van der Waals surface area contributed by atoms with Crippen molar-refractivity contribution in [2.75, 3.05) is 24.7 Å². The van der Waals surface area contributed by atoms with Crippen LogP contribution in [0.3, 0.4) is 0 Å². The molecule has 14 heteroatoms. The van der Waals surface area contributed by atoms with E-state index in [4.69, 9.17) is 0 Å². The van der Waals surface area contributed by atoms with Crippen LogP contribution in [0.25, 0.3) is 17.1 Å². The van der Waals surface area contributed by atoms with Gasteiger partial charge in [-0.25, -0.2) is 27.8 Å². The standard InChI is InChI=1S/C22H21F4N7O2S/c1-13-14(8-27)4-3-5-19(13)32-11-18(29-12-32)20-15(22(24,25)26)9-28-21(31-20)30-17-6-7-33(10-16(17)23)36(2,34)35/h3-5,9,11-12,16-17H,6-7,10H2,1-2H3,(H,28,30,31)/t16-,17+/m1/s1. The van der Waals surface area contributed by atoms with Crippen LogP contribution in [-0.2, 0) is 16.2 Å². The Balaban J connectivity index is 1.66. The first-order valence-corrected chi connectivity index (χ1v) is 12.6. The van der Waals surface area contributed by atoms with E-state index in [-0.39, 0.29) is 31.2 Å². The third-order valence-corrected chi connectivity index (χ3v) is 7.18. The van der Waals surface area contributed by atoms with Crippen LogP contribution in [0, 0.1) is 18.3 Å². The average molecular weight is 524 g/mol. The first-order chi connectivity index (χ1) is 16.9. The lowest BCUT2D eigenvalue weighted by atomic mass is 10.1. The molecule has 0 amide bonds. The van der Waals surface area contributed by atoms with Gasteiger partial charge in [0.25, 0.3) is 0 Å². The summed E-state index contributed by atoms with van der Waals surface area (Å²) >= 11 is 0. The molecule has 1 fully saturated rings. The number of nitriles is 1. The molecule has 0 spiro atoms. The van der Waals surface area contributed by atoms with Gasteiger partial charge in [0.05, 0.1) is 35.9 Å². The molecule has 0 aliphatic carbocycles. The van der Waals surface area contributed by atoms with Crippen molar-refractivity contribution < 1.29 is 26.0 Å². The largest absolute Gasteiger partial charge is 0.420 e. The highest BCUT2D eigenvalue weighted by molar-refractivity contribution is 7.88. The molecule has 1 aromatic carbocycles. The van der Waals surface area contributed by atoms with Crippen molar-refractivity contribution in [1.29, 1.82) is 5.26 Å². The number of rotatable bonds is 5. The predicted octanol–water partition coefficient (Wildman–Crippen LogP) is 3.31. The van der Waals surface area contributed by atoms with E-state index < -0.39 is 39.7 Å². The fraction of sp³-hybridized carbons (Fsp3) is 0.364. The van der Waals surface area contributed by atoms with Crippen LogP contribution < -0.4 is 5.32 Å². The van der Waals surface area contributed by atoms with Gasteiger partial charge in [-0.2, -0.15) is 22.7 Å². The molecule has 0 saturated carbocycles. The van der Waals surface area contributed by atoms with Crippen LogP contribution in [0.4, 0.5) is 23.5 Å². The van der Waals surface area contributed by atoms with Crippen molar-refractivity contribution in [2.24, 2.45) is 0 Å². The predicted molar refractivity (Wildman–Crippen MR) is 122 cm³/mol. The van der Waals surface area contributed by atoms with E-state index in [1.165, 1.54) is 17.1 Å². The van der Waals surface area contributed by atoms with E-state index in [2.05, 4.69) is 26.3 Å². The minimum absolute atomic E-state index is 0.0515. The van der Waals surface area contributed by atoms with Gasteiger partial charge in [0.2, 0.25) is 16.0 Å². The summed E-state index contributed by atoms with van der Waals surface area (Å²) in [4.78, 5) is 11.8. The highest BCUT2D eigenvalue weighted by Crippen LogP contribution is 2.36. The van der Waals surface area contributed by atoms with Crippen molar-refractivity contribution in [3.63, 3.8) is 0 Å². The van der Waals surface area contributed by atoms with Gasteiger partial charge in [0, 0.05) is 25.5 Å². The lowest BCUT2D eigenvalue weighted by Crippen LogP contribution is -2.49. The number of benzene rings is 1. The molecule has 0 unspecified atom stereocenters. The second kappa shape index (κ2) is 9.47. The summed E-state index contributed by atoms with van der Waals surface area (Å²) in [7, 11) is -3.57. The second-order valence-electron chi connectivity index (χ2n) is 8.36. The maximum atomic E-state index is 14.7. The number of imidazole rings is 1. The number of nitrogens with zero attached hydrogens (tertiary/aromatic N) is 6. The van der Waals surface area contributed by atoms with E-state index in [1.54, 1.807) is 25.1 Å². The van der Waals surface area contributed by atoms with Crippen LogP contribution in [0.5, 0.6) is 0 Å². The number of hydrogen-bond donors (Lipinski definition) is 1. The molecule has 190 valence electrons. The van der Waals surface area contributed by atoms with Crippen LogP contribution in [0.1, 0.15) is 23.1 Å². The van der Waals surface area contributed by atoms with Gasteiger partial charge in [0.1, 0.15) is 23.1 Å². The molecule has 0 radical (unpaired) electrons. The zero-order valence-corrected chi connectivity index (χ0v) is 20.0. The smallest absolute Gasteiger partial charge is 0.348 e. The highest BCUT2D eigenvalue weighted by Gasteiger charge is 2.37. The number of piperidine rings is 1. The van der Waals surface area contributed by atoms with Crippen LogP contribution in [-0.4, -0.2) is 63.8 Å². The highest BCUT2D eigenvalue weighted by atomic mass is 32.2. The Kier molecular flexibility index (Phi) is 6.72. The number of nitrogens with one attached hydrogen (secondary N) is 1. The quantitative estimate of drug-likeness (QED) is 0.510. The van der Waals surface area contributed by atoms with Crippen LogP contribution in [0.2, 0.25) is 0 Å². The summed E-state index contributed by atoms with van der Waals surface area (Å²) in [6.45, 7) is 1.38. The van der Waals surface area contributed by atoms with Crippen LogP contribution in [0.15, 0.2) is 36.9 Å². The number of sulfonamides is 1. The maximum Gasteiger partial charge on any atom is 0.420 e. The molecule has 9 nitrogen and oxygen atoms in total. The SMILES string of the molecule is Cc1c(C#N)cccc1-n1cnc(-c2nc(N[C@H]3CCN(S(C)(=O)=O)C[C@H]3F)ncc2C(F)(F)F)c1. The average Bonchev–Trinajstić information content (AvgIpc) is 3.29. The normalized spacial score (nSPS) is 19.1. The number of hydrogen-bond acceptors (Lipinski definition) is 7. The third-order valence-electron chi connectivity index (χ3n) is 5.91. The molecule has 3 aromatic rings. The second-order valence-corrected chi connectivity index (χ2v) is 10.3. The first-order valence-electron chi connectivity index (χ1n) is 10.7. The van der Waals surface area contributed by atoms with E-state index in [1.807, 2.05) is 0 Å². The van der Waals surface area contributed by atoms with Crippen molar-refractivity contribution in [3.05, 3.63) is 53.6 Å². The van der Waals surface area contributed by atoms with Gasteiger partial charge in [-0.15, -0.1) is 0 Å². The molecule has 4 rings (SSSR count). The molecule has 36 heavy (non-hydrogen) atoms. The van der Waals surface area contributed by atoms with Gasteiger partial charge in [-0.05, 0) is 31.0 Å². The number of aromatic nitrogens is 4. The van der Waals surface area contributed by atoms with Crippen molar-refractivity contribution in [3.8, 4) is 23.1 Å². The van der Waals surface area contributed by atoms with E-state index in [0.717, 1.165) is 10.6 Å². The third kappa shape index (κ3) is 5.17. The fourth-order valence-electron chi connectivity index (χ4n) is 3.96. The summed E-state index contributed by atoms with van der Waals surface area (Å²) in [5.74, 6) is -0.240. The Morgan fingerprint density at radius 2 is 2.00 bits per heavy atom. The minimum Gasteiger partial charge on any atom is -0.348 e. The molecule has 2 atom stereocenters. The molecule has 1 aliphatic heterocycles. The van der Waals surface area contributed by atoms with Gasteiger partial charge >= 0.3 is 6.18 Å². The Morgan fingerprint density at radius 1 is 1.25 bits per heavy atom. The fourth-order valence-corrected chi connectivity index (χ4v) is 4.81. The van der Waals surface area contributed by atoms with E-state index >= 15 is 0 Å². The Bertz CT molecular complexity index is 1430. The molecular weight excluding hydrogens is 502 g/mol. The lowest BCUT2D eigenvalue weighted by Gasteiger charge is -2.33. The summed E-state index contributed by atoms with van der Waals surface area (Å²) in [5, 5.41) is 12.0. The summed E-state index contributed by atoms with van der Waals surface area (Å²) in [5.41, 5.74) is -0.124. The van der Waals surface area contributed by atoms with Crippen LogP contribution >= 0.6 is 0 Å². The number of halogens is 4. The van der Waals surface area contributed by atoms with Gasteiger partial charge in [0.15, 0.2) is 0 Å². The zero-order chi connectivity index (χ0) is 26.3. The first kappa shape index (κ1) is 25.5. The van der Waals surface area contributed by atoms with Crippen molar-refractivity contribution >= 4 is 16.0 Å².